The van der Waals surface area contributed by atoms with Gasteiger partial charge in [0.15, 0.2) is 5.22 Å². The summed E-state index contributed by atoms with van der Waals surface area (Å²) in [6, 6.07) is 10.3. The van der Waals surface area contributed by atoms with Gasteiger partial charge in [-0.1, -0.05) is 17.7 Å². The molecule has 0 radical (unpaired) electrons. The molecule has 1 N–H and O–H groups in total. The van der Waals surface area contributed by atoms with Crippen molar-refractivity contribution in [2.75, 3.05) is 11.9 Å². The maximum Gasteiger partial charge on any atom is 0.193 e. The predicted molar refractivity (Wildman–Crippen MR) is 69.8 cm³/mol. The molecule has 2 heterocycles. The Labute approximate surface area is 106 Å². The third-order valence-electron chi connectivity index (χ3n) is 3.27. The SMILES string of the molecule is Cc1ccc2c(c1)C(c1ccc(Cl)o1)CCN2. The number of rotatable bonds is 1. The normalized spacial score (nSPS) is 18.6. The molecule has 3 heteroatoms. The number of nitrogens with one attached hydrogen (secondary N) is 1. The number of anilines is 1. The van der Waals surface area contributed by atoms with E-state index in [9.17, 15) is 0 Å². The average molecular weight is 248 g/mol. The molecule has 1 atom stereocenters. The van der Waals surface area contributed by atoms with Gasteiger partial charge >= 0.3 is 0 Å². The second-order valence-electron chi connectivity index (χ2n) is 4.50. The number of hydrogen-bond acceptors (Lipinski definition) is 2. The summed E-state index contributed by atoms with van der Waals surface area (Å²) in [6.07, 6.45) is 1.04. The van der Waals surface area contributed by atoms with Gasteiger partial charge in [0.2, 0.25) is 0 Å². The zero-order chi connectivity index (χ0) is 11.8. The molecule has 17 heavy (non-hydrogen) atoms. The fourth-order valence-electron chi connectivity index (χ4n) is 2.45. The molecule has 88 valence electrons. The van der Waals surface area contributed by atoms with Crippen LogP contribution >= 0.6 is 11.6 Å². The van der Waals surface area contributed by atoms with Crippen molar-refractivity contribution in [1.29, 1.82) is 0 Å². The van der Waals surface area contributed by atoms with E-state index in [-0.39, 0.29) is 0 Å². The predicted octanol–water partition coefficient (Wildman–Crippen LogP) is 4.19. The minimum absolute atomic E-state index is 0.318. The van der Waals surface area contributed by atoms with Crippen LogP contribution in [0.2, 0.25) is 5.22 Å². The first-order valence-corrected chi connectivity index (χ1v) is 6.21. The highest BCUT2D eigenvalue weighted by Gasteiger charge is 2.24. The van der Waals surface area contributed by atoms with Gasteiger partial charge in [-0.2, -0.15) is 0 Å². The van der Waals surface area contributed by atoms with E-state index < -0.39 is 0 Å². The highest BCUT2D eigenvalue weighted by Crippen LogP contribution is 2.38. The summed E-state index contributed by atoms with van der Waals surface area (Å²) in [5.74, 6) is 1.28. The number of aryl methyl sites for hydroxylation is 1. The second-order valence-corrected chi connectivity index (χ2v) is 4.87. The maximum absolute atomic E-state index is 5.86. The van der Waals surface area contributed by atoms with Gasteiger partial charge in [-0.05, 0) is 48.7 Å². The van der Waals surface area contributed by atoms with E-state index in [0.717, 1.165) is 18.7 Å². The quantitative estimate of drug-likeness (QED) is 0.818. The Morgan fingerprint density at radius 3 is 2.94 bits per heavy atom. The molecule has 1 aromatic carbocycles. The molecule has 0 aliphatic carbocycles. The summed E-state index contributed by atoms with van der Waals surface area (Å²) in [7, 11) is 0. The first-order valence-electron chi connectivity index (χ1n) is 5.84. The minimum Gasteiger partial charge on any atom is -0.449 e. The Balaban J connectivity index is 2.07. The number of hydrogen-bond donors (Lipinski definition) is 1. The largest absolute Gasteiger partial charge is 0.449 e. The van der Waals surface area contributed by atoms with Crippen molar-refractivity contribution in [3.05, 3.63) is 52.4 Å². The molecule has 1 aromatic heterocycles. The van der Waals surface area contributed by atoms with Crippen molar-refractivity contribution >= 4 is 17.3 Å². The van der Waals surface area contributed by atoms with Gasteiger partial charge in [0.25, 0.3) is 0 Å². The summed E-state index contributed by atoms with van der Waals surface area (Å²) in [5.41, 5.74) is 3.79. The molecule has 1 aliphatic heterocycles. The smallest absolute Gasteiger partial charge is 0.193 e. The van der Waals surface area contributed by atoms with Crippen LogP contribution in [0.15, 0.2) is 34.7 Å². The van der Waals surface area contributed by atoms with Gasteiger partial charge in [0.1, 0.15) is 5.76 Å². The molecule has 2 aromatic rings. The van der Waals surface area contributed by atoms with Gasteiger partial charge in [-0.25, -0.2) is 0 Å². The average Bonchev–Trinajstić information content (AvgIpc) is 2.75. The zero-order valence-corrected chi connectivity index (χ0v) is 10.4. The summed E-state index contributed by atoms with van der Waals surface area (Å²) < 4.78 is 5.56. The van der Waals surface area contributed by atoms with E-state index in [2.05, 4.69) is 30.4 Å². The summed E-state index contributed by atoms with van der Waals surface area (Å²) in [6.45, 7) is 3.08. The van der Waals surface area contributed by atoms with Crippen molar-refractivity contribution in [2.24, 2.45) is 0 Å². The molecule has 0 bridgehead atoms. The lowest BCUT2D eigenvalue weighted by Crippen LogP contribution is -2.17. The number of fused-ring (bicyclic) bond motifs is 1. The third-order valence-corrected chi connectivity index (χ3v) is 3.47. The van der Waals surface area contributed by atoms with Crippen LogP contribution in [0.3, 0.4) is 0 Å². The van der Waals surface area contributed by atoms with E-state index in [4.69, 9.17) is 16.0 Å². The topological polar surface area (TPSA) is 25.2 Å². The van der Waals surface area contributed by atoms with Crippen LogP contribution in [0.4, 0.5) is 5.69 Å². The summed E-state index contributed by atoms with van der Waals surface area (Å²) in [5, 5.41) is 3.89. The molecule has 0 saturated heterocycles. The maximum atomic E-state index is 5.86. The number of benzene rings is 1. The molecule has 2 nitrogen and oxygen atoms in total. The lowest BCUT2D eigenvalue weighted by Gasteiger charge is -2.25. The van der Waals surface area contributed by atoms with Crippen molar-refractivity contribution in [3.8, 4) is 0 Å². The first-order chi connectivity index (χ1) is 8.24. The monoisotopic (exact) mass is 247 g/mol. The van der Waals surface area contributed by atoms with E-state index >= 15 is 0 Å². The molecule has 0 spiro atoms. The van der Waals surface area contributed by atoms with E-state index in [1.165, 1.54) is 16.8 Å². The van der Waals surface area contributed by atoms with Gasteiger partial charge < -0.3 is 9.73 Å². The van der Waals surface area contributed by atoms with Crippen molar-refractivity contribution in [3.63, 3.8) is 0 Å². The second kappa shape index (κ2) is 4.11. The molecule has 0 fully saturated rings. The lowest BCUT2D eigenvalue weighted by atomic mass is 9.88. The van der Waals surface area contributed by atoms with Crippen LogP contribution in [0.25, 0.3) is 0 Å². The number of furan rings is 1. The Hall–Kier alpha value is -1.41. The van der Waals surface area contributed by atoms with E-state index in [1.54, 1.807) is 0 Å². The van der Waals surface area contributed by atoms with Crippen LogP contribution in [-0.4, -0.2) is 6.54 Å². The molecular formula is C14H14ClNO. The van der Waals surface area contributed by atoms with E-state index in [0.29, 0.717) is 11.1 Å². The van der Waals surface area contributed by atoms with Crippen molar-refractivity contribution in [1.82, 2.24) is 0 Å². The van der Waals surface area contributed by atoms with Gasteiger partial charge in [0, 0.05) is 18.2 Å². The zero-order valence-electron chi connectivity index (χ0n) is 9.66. The number of halogens is 1. The molecule has 1 unspecified atom stereocenters. The Morgan fingerprint density at radius 2 is 2.18 bits per heavy atom. The van der Waals surface area contributed by atoms with Gasteiger partial charge in [-0.3, -0.25) is 0 Å². The van der Waals surface area contributed by atoms with Crippen LogP contribution < -0.4 is 5.32 Å². The van der Waals surface area contributed by atoms with Gasteiger partial charge in [0.05, 0.1) is 0 Å². The molecule has 3 rings (SSSR count). The van der Waals surface area contributed by atoms with Crippen LogP contribution in [0, 0.1) is 6.92 Å². The lowest BCUT2D eigenvalue weighted by molar-refractivity contribution is 0.476. The third kappa shape index (κ3) is 1.93. The molecule has 0 amide bonds. The highest BCUT2D eigenvalue weighted by atomic mass is 35.5. The summed E-state index contributed by atoms with van der Waals surface area (Å²) in [4.78, 5) is 0. The first kappa shape index (κ1) is 10.7. The Bertz CT molecular complexity index is 547. The van der Waals surface area contributed by atoms with Crippen LogP contribution in [0.1, 0.15) is 29.2 Å². The minimum atomic E-state index is 0.318. The fraction of sp³-hybridized carbons (Fsp3) is 0.286. The molecule has 0 saturated carbocycles. The van der Waals surface area contributed by atoms with Crippen LogP contribution in [-0.2, 0) is 0 Å². The Kier molecular flexibility index (Phi) is 2.60. The van der Waals surface area contributed by atoms with E-state index in [1.807, 2.05) is 12.1 Å². The molecular weight excluding hydrogens is 234 g/mol. The van der Waals surface area contributed by atoms with Crippen LogP contribution in [0.5, 0.6) is 0 Å². The summed E-state index contributed by atoms with van der Waals surface area (Å²) >= 11 is 5.86. The standard InChI is InChI=1S/C14H14ClNO/c1-9-2-3-12-11(8-9)10(6-7-16-12)13-4-5-14(15)17-13/h2-5,8,10,16H,6-7H2,1H3. The highest BCUT2D eigenvalue weighted by molar-refractivity contribution is 6.28. The van der Waals surface area contributed by atoms with Crippen molar-refractivity contribution < 1.29 is 4.42 Å². The van der Waals surface area contributed by atoms with Gasteiger partial charge in [-0.15, -0.1) is 0 Å². The van der Waals surface area contributed by atoms with Crippen molar-refractivity contribution in [2.45, 2.75) is 19.3 Å². The molecule has 1 aliphatic rings. The fourth-order valence-corrected chi connectivity index (χ4v) is 2.60. The Morgan fingerprint density at radius 1 is 1.29 bits per heavy atom.